The summed E-state index contributed by atoms with van der Waals surface area (Å²) in [4.78, 5) is 14.7. The van der Waals surface area contributed by atoms with Gasteiger partial charge < -0.3 is 10.1 Å². The van der Waals surface area contributed by atoms with Crippen molar-refractivity contribution in [1.82, 2.24) is 20.0 Å². The number of hydrogen-bond acceptors (Lipinski definition) is 4. The molecule has 26 heavy (non-hydrogen) atoms. The van der Waals surface area contributed by atoms with Crippen molar-refractivity contribution in [3.05, 3.63) is 52.3 Å². The van der Waals surface area contributed by atoms with Crippen LogP contribution in [0.1, 0.15) is 23.0 Å². The van der Waals surface area contributed by atoms with Crippen LogP contribution in [0.4, 0.5) is 0 Å². The van der Waals surface area contributed by atoms with Crippen LogP contribution in [0.15, 0.2) is 30.3 Å². The van der Waals surface area contributed by atoms with Crippen molar-refractivity contribution in [3.8, 4) is 0 Å². The molecule has 0 aliphatic carbocycles. The predicted molar refractivity (Wildman–Crippen MR) is 101 cm³/mol. The summed E-state index contributed by atoms with van der Waals surface area (Å²) in [5.74, 6) is -0.0542. The van der Waals surface area contributed by atoms with Crippen molar-refractivity contribution in [2.24, 2.45) is 0 Å². The summed E-state index contributed by atoms with van der Waals surface area (Å²) < 4.78 is 7.19. The SMILES string of the molecule is Cc1cc(C)n(CC(=O)NC[C@@H](c2ccccc2Cl)N2CCOCC2)n1. The Hall–Kier alpha value is -1.89. The number of carbonyl (C=O) groups excluding carboxylic acids is 1. The van der Waals surface area contributed by atoms with Crippen LogP contribution in [0.25, 0.3) is 0 Å². The molecule has 1 aromatic carbocycles. The Morgan fingerprint density at radius 1 is 1.31 bits per heavy atom. The molecule has 0 radical (unpaired) electrons. The molecule has 1 atom stereocenters. The van der Waals surface area contributed by atoms with E-state index in [0.29, 0.717) is 19.8 Å². The lowest BCUT2D eigenvalue weighted by molar-refractivity contribution is -0.122. The van der Waals surface area contributed by atoms with Gasteiger partial charge in [-0.1, -0.05) is 29.8 Å². The zero-order valence-electron chi connectivity index (χ0n) is 15.2. The molecule has 3 rings (SSSR count). The average molecular weight is 377 g/mol. The van der Waals surface area contributed by atoms with Gasteiger partial charge in [0.25, 0.3) is 0 Å². The van der Waals surface area contributed by atoms with Crippen LogP contribution in [0, 0.1) is 13.8 Å². The van der Waals surface area contributed by atoms with E-state index in [1.807, 2.05) is 44.2 Å². The van der Waals surface area contributed by atoms with E-state index < -0.39 is 0 Å². The molecule has 1 saturated heterocycles. The number of halogens is 1. The molecule has 1 aliphatic rings. The molecule has 1 N–H and O–H groups in total. The van der Waals surface area contributed by atoms with Crippen LogP contribution in [-0.4, -0.2) is 53.4 Å². The fourth-order valence-electron chi connectivity index (χ4n) is 3.31. The molecule has 0 saturated carbocycles. The molecule has 2 aromatic rings. The van der Waals surface area contributed by atoms with Gasteiger partial charge in [-0.15, -0.1) is 0 Å². The Labute approximate surface area is 159 Å². The van der Waals surface area contributed by atoms with E-state index in [1.165, 1.54) is 0 Å². The third-order valence-electron chi connectivity index (χ3n) is 4.64. The number of ether oxygens (including phenoxy) is 1. The van der Waals surface area contributed by atoms with Crippen LogP contribution in [-0.2, 0) is 16.1 Å². The minimum absolute atomic E-state index is 0.0250. The number of hydrogen-bond donors (Lipinski definition) is 1. The van der Waals surface area contributed by atoms with Gasteiger partial charge in [0.2, 0.25) is 5.91 Å². The van der Waals surface area contributed by atoms with E-state index in [1.54, 1.807) is 4.68 Å². The Kier molecular flexibility index (Phi) is 6.29. The first kappa shape index (κ1) is 18.9. The van der Waals surface area contributed by atoms with Crippen molar-refractivity contribution < 1.29 is 9.53 Å². The lowest BCUT2D eigenvalue weighted by atomic mass is 10.0. The largest absolute Gasteiger partial charge is 0.379 e. The molecular formula is C19H25ClN4O2. The Bertz CT molecular complexity index is 756. The molecule has 2 heterocycles. The van der Waals surface area contributed by atoms with Gasteiger partial charge in [0.1, 0.15) is 6.54 Å². The number of nitrogens with one attached hydrogen (secondary N) is 1. The fourth-order valence-corrected chi connectivity index (χ4v) is 3.57. The van der Waals surface area contributed by atoms with E-state index >= 15 is 0 Å². The monoisotopic (exact) mass is 376 g/mol. The summed E-state index contributed by atoms with van der Waals surface area (Å²) in [5, 5.41) is 8.12. The highest BCUT2D eigenvalue weighted by Gasteiger charge is 2.25. The minimum atomic E-state index is -0.0542. The van der Waals surface area contributed by atoms with Crippen LogP contribution >= 0.6 is 11.6 Å². The lowest BCUT2D eigenvalue weighted by Crippen LogP contribution is -2.44. The number of carbonyl (C=O) groups is 1. The molecule has 6 nitrogen and oxygen atoms in total. The maximum absolute atomic E-state index is 12.4. The van der Waals surface area contributed by atoms with Gasteiger partial charge in [-0.2, -0.15) is 5.10 Å². The fraction of sp³-hybridized carbons (Fsp3) is 0.474. The number of morpholine rings is 1. The third-order valence-corrected chi connectivity index (χ3v) is 4.98. The quantitative estimate of drug-likeness (QED) is 0.840. The first-order chi connectivity index (χ1) is 12.5. The van der Waals surface area contributed by atoms with E-state index in [9.17, 15) is 4.79 Å². The zero-order valence-corrected chi connectivity index (χ0v) is 16.0. The lowest BCUT2D eigenvalue weighted by Gasteiger charge is -2.35. The van der Waals surface area contributed by atoms with Crippen molar-refractivity contribution in [3.63, 3.8) is 0 Å². The Balaban J connectivity index is 1.68. The number of aromatic nitrogens is 2. The number of rotatable bonds is 6. The number of aryl methyl sites for hydroxylation is 2. The van der Waals surface area contributed by atoms with E-state index in [2.05, 4.69) is 15.3 Å². The van der Waals surface area contributed by atoms with E-state index in [-0.39, 0.29) is 18.5 Å². The molecule has 7 heteroatoms. The summed E-state index contributed by atoms with van der Waals surface area (Å²) in [6.07, 6.45) is 0. The molecule has 1 amide bonds. The summed E-state index contributed by atoms with van der Waals surface area (Å²) in [6, 6.07) is 9.80. The van der Waals surface area contributed by atoms with Gasteiger partial charge in [0.15, 0.2) is 0 Å². The van der Waals surface area contributed by atoms with E-state index in [0.717, 1.165) is 35.1 Å². The zero-order chi connectivity index (χ0) is 18.5. The molecule has 0 spiro atoms. The third kappa shape index (κ3) is 4.63. The Morgan fingerprint density at radius 2 is 2.04 bits per heavy atom. The van der Waals surface area contributed by atoms with Crippen LogP contribution in [0.5, 0.6) is 0 Å². The second kappa shape index (κ2) is 8.66. The van der Waals surface area contributed by atoms with Crippen LogP contribution < -0.4 is 5.32 Å². The number of benzene rings is 1. The van der Waals surface area contributed by atoms with Gasteiger partial charge in [-0.25, -0.2) is 0 Å². The molecule has 1 fully saturated rings. The summed E-state index contributed by atoms with van der Waals surface area (Å²) in [7, 11) is 0. The van der Waals surface area contributed by atoms with Gasteiger partial charge in [0, 0.05) is 30.4 Å². The van der Waals surface area contributed by atoms with Crippen molar-refractivity contribution >= 4 is 17.5 Å². The normalized spacial score (nSPS) is 16.4. The summed E-state index contributed by atoms with van der Waals surface area (Å²) in [5.41, 5.74) is 2.92. The van der Waals surface area contributed by atoms with E-state index in [4.69, 9.17) is 16.3 Å². The molecular weight excluding hydrogens is 352 g/mol. The van der Waals surface area contributed by atoms with Gasteiger partial charge >= 0.3 is 0 Å². The number of amides is 1. The first-order valence-electron chi connectivity index (χ1n) is 8.88. The van der Waals surface area contributed by atoms with Gasteiger partial charge in [-0.05, 0) is 31.5 Å². The average Bonchev–Trinajstić information content (AvgIpc) is 2.94. The maximum Gasteiger partial charge on any atom is 0.241 e. The highest BCUT2D eigenvalue weighted by molar-refractivity contribution is 6.31. The standard InChI is InChI=1S/C19H25ClN4O2/c1-14-11-15(2)24(22-14)13-19(25)21-12-18(23-7-9-26-10-8-23)16-5-3-4-6-17(16)20/h3-6,11,18H,7-10,12-13H2,1-2H3,(H,21,25)/t18-/m0/s1. The van der Waals surface area contributed by atoms with Gasteiger partial charge in [-0.3, -0.25) is 14.4 Å². The van der Waals surface area contributed by atoms with Crippen LogP contribution in [0.3, 0.4) is 0 Å². The minimum Gasteiger partial charge on any atom is -0.379 e. The molecule has 140 valence electrons. The highest BCUT2D eigenvalue weighted by Crippen LogP contribution is 2.27. The summed E-state index contributed by atoms with van der Waals surface area (Å²) >= 11 is 6.42. The smallest absolute Gasteiger partial charge is 0.241 e. The topological polar surface area (TPSA) is 59.4 Å². The van der Waals surface area contributed by atoms with Crippen molar-refractivity contribution in [1.29, 1.82) is 0 Å². The van der Waals surface area contributed by atoms with Crippen molar-refractivity contribution in [2.75, 3.05) is 32.8 Å². The van der Waals surface area contributed by atoms with Crippen molar-refractivity contribution in [2.45, 2.75) is 26.4 Å². The molecule has 1 aromatic heterocycles. The Morgan fingerprint density at radius 3 is 2.69 bits per heavy atom. The molecule has 0 bridgehead atoms. The summed E-state index contributed by atoms with van der Waals surface area (Å²) in [6.45, 7) is 7.63. The molecule has 0 unspecified atom stereocenters. The maximum atomic E-state index is 12.4. The number of nitrogens with zero attached hydrogens (tertiary/aromatic N) is 3. The second-order valence-electron chi connectivity index (χ2n) is 6.57. The first-order valence-corrected chi connectivity index (χ1v) is 9.26. The second-order valence-corrected chi connectivity index (χ2v) is 6.98. The highest BCUT2D eigenvalue weighted by atomic mass is 35.5. The van der Waals surface area contributed by atoms with Gasteiger partial charge in [0.05, 0.1) is 24.9 Å². The van der Waals surface area contributed by atoms with Crippen LogP contribution in [0.2, 0.25) is 5.02 Å². The predicted octanol–water partition coefficient (Wildman–Crippen LogP) is 2.34. The molecule has 1 aliphatic heterocycles.